The van der Waals surface area contributed by atoms with Gasteiger partial charge in [0.05, 0.1) is 6.10 Å². The number of aromatic nitrogens is 3. The Labute approximate surface area is 101 Å². The smallest absolute Gasteiger partial charge is 0.389 e. The molecule has 0 aliphatic heterocycles. The Balaban J connectivity index is 2.47. The van der Waals surface area contributed by atoms with Gasteiger partial charge in [-0.05, 0) is 19.1 Å². The molecule has 0 aliphatic carbocycles. The molecule has 2 aromatic rings. The van der Waals surface area contributed by atoms with Crippen molar-refractivity contribution in [3.8, 4) is 5.82 Å². The minimum Gasteiger partial charge on any atom is -0.389 e. The summed E-state index contributed by atoms with van der Waals surface area (Å²) >= 11 is 0. The van der Waals surface area contributed by atoms with Gasteiger partial charge in [0.25, 0.3) is 0 Å². The number of halogens is 3. The average Bonchev–Trinajstić information content (AvgIpc) is 2.77. The minimum atomic E-state index is -4.50. The Hall–Kier alpha value is -1.89. The highest BCUT2D eigenvalue weighted by atomic mass is 19.4. The summed E-state index contributed by atoms with van der Waals surface area (Å²) in [5, 5.41) is 12.9. The van der Waals surface area contributed by atoms with E-state index in [0.717, 1.165) is 16.9 Å². The van der Waals surface area contributed by atoms with E-state index in [4.69, 9.17) is 0 Å². The molecule has 4 nitrogen and oxygen atoms in total. The van der Waals surface area contributed by atoms with Gasteiger partial charge in [-0.2, -0.15) is 18.3 Å². The van der Waals surface area contributed by atoms with Gasteiger partial charge in [-0.1, -0.05) is 6.07 Å². The summed E-state index contributed by atoms with van der Waals surface area (Å²) < 4.78 is 38.3. The van der Waals surface area contributed by atoms with E-state index >= 15 is 0 Å². The van der Waals surface area contributed by atoms with E-state index in [-0.39, 0.29) is 5.82 Å². The Bertz CT molecular complexity index is 548. The molecule has 18 heavy (non-hydrogen) atoms. The third kappa shape index (κ3) is 2.35. The zero-order chi connectivity index (χ0) is 13.3. The van der Waals surface area contributed by atoms with Crippen LogP contribution in [0, 0.1) is 0 Å². The normalized spacial score (nSPS) is 13.6. The van der Waals surface area contributed by atoms with Crippen LogP contribution in [0.1, 0.15) is 24.3 Å². The first kappa shape index (κ1) is 12.6. The maximum Gasteiger partial charge on any atom is 0.435 e. The number of hydrogen-bond donors (Lipinski definition) is 1. The van der Waals surface area contributed by atoms with Gasteiger partial charge in [0.2, 0.25) is 0 Å². The van der Waals surface area contributed by atoms with E-state index in [1.165, 1.54) is 13.1 Å². The summed E-state index contributed by atoms with van der Waals surface area (Å²) in [6.45, 7) is 1.51. The van der Waals surface area contributed by atoms with Gasteiger partial charge in [-0.15, -0.1) is 0 Å². The van der Waals surface area contributed by atoms with Crippen LogP contribution in [0.5, 0.6) is 0 Å². The van der Waals surface area contributed by atoms with Crippen molar-refractivity contribution in [2.75, 3.05) is 0 Å². The van der Waals surface area contributed by atoms with Gasteiger partial charge >= 0.3 is 6.18 Å². The van der Waals surface area contributed by atoms with Crippen LogP contribution >= 0.6 is 0 Å². The molecule has 0 amide bonds. The molecule has 0 bridgehead atoms. The van der Waals surface area contributed by atoms with Crippen molar-refractivity contribution < 1.29 is 18.3 Å². The quantitative estimate of drug-likeness (QED) is 0.898. The number of hydrogen-bond acceptors (Lipinski definition) is 3. The fourth-order valence-electron chi connectivity index (χ4n) is 1.52. The Morgan fingerprint density at radius 1 is 1.33 bits per heavy atom. The summed E-state index contributed by atoms with van der Waals surface area (Å²) in [5.41, 5.74) is -0.584. The van der Waals surface area contributed by atoms with E-state index in [9.17, 15) is 18.3 Å². The van der Waals surface area contributed by atoms with Crippen molar-refractivity contribution in [2.45, 2.75) is 19.2 Å². The van der Waals surface area contributed by atoms with Crippen molar-refractivity contribution in [1.29, 1.82) is 0 Å². The number of pyridine rings is 1. The lowest BCUT2D eigenvalue weighted by Gasteiger charge is -2.10. The average molecular weight is 257 g/mol. The lowest BCUT2D eigenvalue weighted by Crippen LogP contribution is -2.09. The molecule has 0 unspecified atom stereocenters. The van der Waals surface area contributed by atoms with Crippen LogP contribution in [0.2, 0.25) is 0 Å². The maximum atomic E-state index is 12.4. The SMILES string of the molecule is C[C@@H](O)c1cccnc1-n1ccc(C(F)(F)F)n1. The summed E-state index contributed by atoms with van der Waals surface area (Å²) in [4.78, 5) is 3.94. The highest BCUT2D eigenvalue weighted by molar-refractivity contribution is 5.34. The van der Waals surface area contributed by atoms with E-state index in [2.05, 4.69) is 10.1 Å². The van der Waals surface area contributed by atoms with Crippen LogP contribution in [-0.4, -0.2) is 19.9 Å². The van der Waals surface area contributed by atoms with E-state index < -0.39 is 18.0 Å². The highest BCUT2D eigenvalue weighted by Gasteiger charge is 2.33. The van der Waals surface area contributed by atoms with E-state index in [0.29, 0.717) is 5.56 Å². The molecule has 0 fully saturated rings. The molecular formula is C11H10F3N3O. The van der Waals surface area contributed by atoms with Crippen molar-refractivity contribution in [3.05, 3.63) is 41.9 Å². The fourth-order valence-corrected chi connectivity index (χ4v) is 1.52. The van der Waals surface area contributed by atoms with Crippen LogP contribution in [0.25, 0.3) is 5.82 Å². The standard InChI is InChI=1S/C11H10F3N3O/c1-7(18)8-3-2-5-15-10(8)17-6-4-9(16-17)11(12,13)14/h2-7,18H,1H3/t7-/m1/s1. The third-order valence-corrected chi connectivity index (χ3v) is 2.36. The monoisotopic (exact) mass is 257 g/mol. The van der Waals surface area contributed by atoms with Gasteiger partial charge in [-0.25, -0.2) is 9.67 Å². The molecule has 2 heterocycles. The molecule has 1 N–H and O–H groups in total. The first-order valence-electron chi connectivity index (χ1n) is 5.16. The van der Waals surface area contributed by atoms with Gasteiger partial charge in [0, 0.05) is 18.0 Å². The number of alkyl halides is 3. The Morgan fingerprint density at radius 3 is 2.61 bits per heavy atom. The zero-order valence-electron chi connectivity index (χ0n) is 9.39. The number of aliphatic hydroxyl groups excluding tert-OH is 1. The molecule has 0 aromatic carbocycles. The number of rotatable bonds is 2. The maximum absolute atomic E-state index is 12.4. The lowest BCUT2D eigenvalue weighted by atomic mass is 10.1. The molecule has 1 atom stereocenters. The molecule has 96 valence electrons. The van der Waals surface area contributed by atoms with Crippen LogP contribution in [0.4, 0.5) is 13.2 Å². The largest absolute Gasteiger partial charge is 0.435 e. The minimum absolute atomic E-state index is 0.183. The fraction of sp³-hybridized carbons (Fsp3) is 0.273. The van der Waals surface area contributed by atoms with Crippen molar-refractivity contribution in [1.82, 2.24) is 14.8 Å². The van der Waals surface area contributed by atoms with Crippen LogP contribution < -0.4 is 0 Å². The summed E-state index contributed by atoms with van der Waals surface area (Å²) in [6.07, 6.45) is -2.75. The first-order valence-corrected chi connectivity index (χ1v) is 5.16. The summed E-state index contributed by atoms with van der Waals surface area (Å²) in [5.74, 6) is 0.183. The lowest BCUT2D eigenvalue weighted by molar-refractivity contribution is -0.141. The Kier molecular flexibility index (Phi) is 3.08. The predicted molar refractivity (Wildman–Crippen MR) is 57.0 cm³/mol. The van der Waals surface area contributed by atoms with Gasteiger partial charge < -0.3 is 5.11 Å². The van der Waals surface area contributed by atoms with Gasteiger partial charge in [0.15, 0.2) is 11.5 Å². The molecule has 0 saturated heterocycles. The van der Waals surface area contributed by atoms with Crippen molar-refractivity contribution in [3.63, 3.8) is 0 Å². The molecular weight excluding hydrogens is 247 g/mol. The molecule has 0 spiro atoms. The molecule has 2 aromatic heterocycles. The van der Waals surface area contributed by atoms with Crippen molar-refractivity contribution >= 4 is 0 Å². The van der Waals surface area contributed by atoms with E-state index in [1.54, 1.807) is 12.1 Å². The predicted octanol–water partition coefficient (Wildman–Crippen LogP) is 2.34. The van der Waals surface area contributed by atoms with Crippen molar-refractivity contribution in [2.24, 2.45) is 0 Å². The van der Waals surface area contributed by atoms with Crippen LogP contribution in [0.15, 0.2) is 30.6 Å². The third-order valence-electron chi connectivity index (χ3n) is 2.36. The topological polar surface area (TPSA) is 50.9 Å². The van der Waals surface area contributed by atoms with E-state index in [1.807, 2.05) is 0 Å². The second-order valence-corrected chi connectivity index (χ2v) is 3.74. The number of nitrogens with zero attached hydrogens (tertiary/aromatic N) is 3. The van der Waals surface area contributed by atoms with Crippen LogP contribution in [-0.2, 0) is 6.18 Å². The molecule has 0 aliphatic rings. The molecule has 0 saturated carbocycles. The second-order valence-electron chi connectivity index (χ2n) is 3.74. The highest BCUT2D eigenvalue weighted by Crippen LogP contribution is 2.28. The Morgan fingerprint density at radius 2 is 2.06 bits per heavy atom. The van der Waals surface area contributed by atoms with Gasteiger partial charge in [0.1, 0.15) is 0 Å². The molecule has 7 heteroatoms. The summed E-state index contributed by atoms with van der Waals surface area (Å²) in [6, 6.07) is 4.04. The molecule has 2 rings (SSSR count). The summed E-state index contributed by atoms with van der Waals surface area (Å²) in [7, 11) is 0. The molecule has 0 radical (unpaired) electrons. The van der Waals surface area contributed by atoms with Crippen LogP contribution in [0.3, 0.4) is 0 Å². The van der Waals surface area contributed by atoms with Gasteiger partial charge in [-0.3, -0.25) is 0 Å². The first-order chi connectivity index (χ1) is 8.39. The number of aliphatic hydroxyl groups is 1. The second kappa shape index (κ2) is 4.41. The zero-order valence-corrected chi connectivity index (χ0v) is 9.39.